The number of pyridine rings is 1. The number of aromatic nitrogens is 1. The second-order valence-corrected chi connectivity index (χ2v) is 4.46. The predicted octanol–water partition coefficient (Wildman–Crippen LogP) is 2.90. The smallest absolute Gasteiger partial charge is 0.145 e. The van der Waals surface area contributed by atoms with E-state index in [9.17, 15) is 0 Å². The third-order valence-electron chi connectivity index (χ3n) is 2.81. The van der Waals surface area contributed by atoms with Crippen LogP contribution in [0.5, 0.6) is 5.75 Å². The molecule has 18 heavy (non-hydrogen) atoms. The van der Waals surface area contributed by atoms with Crippen LogP contribution in [-0.2, 0) is 6.42 Å². The van der Waals surface area contributed by atoms with Gasteiger partial charge >= 0.3 is 0 Å². The Labute approximate surface area is 108 Å². The van der Waals surface area contributed by atoms with Crippen molar-refractivity contribution >= 4 is 5.69 Å². The second-order valence-electron chi connectivity index (χ2n) is 4.46. The highest BCUT2D eigenvalue weighted by atomic mass is 16.5. The summed E-state index contributed by atoms with van der Waals surface area (Å²) in [4.78, 5) is 4.08. The minimum Gasteiger partial charge on any atom is -0.491 e. The van der Waals surface area contributed by atoms with Crippen LogP contribution in [0.4, 0.5) is 5.69 Å². The molecule has 0 atom stereocenters. The number of aryl methyl sites for hydroxylation is 2. The van der Waals surface area contributed by atoms with Crippen LogP contribution in [0.15, 0.2) is 36.7 Å². The maximum absolute atomic E-state index is 5.96. The second kappa shape index (κ2) is 5.54. The van der Waals surface area contributed by atoms with E-state index in [1.165, 1.54) is 5.56 Å². The van der Waals surface area contributed by atoms with Crippen molar-refractivity contribution in [3.05, 3.63) is 53.3 Å². The molecule has 2 rings (SSSR count). The average molecular weight is 242 g/mol. The largest absolute Gasteiger partial charge is 0.491 e. The highest BCUT2D eigenvalue weighted by molar-refractivity contribution is 5.58. The van der Waals surface area contributed by atoms with Gasteiger partial charge in [-0.05, 0) is 42.7 Å². The summed E-state index contributed by atoms with van der Waals surface area (Å²) < 4.78 is 5.77. The van der Waals surface area contributed by atoms with Gasteiger partial charge in [0.15, 0.2) is 0 Å². The summed E-state index contributed by atoms with van der Waals surface area (Å²) in [5.74, 6) is 0.796. The molecule has 0 aliphatic rings. The van der Waals surface area contributed by atoms with Gasteiger partial charge in [-0.2, -0.15) is 0 Å². The Morgan fingerprint density at radius 2 is 2.11 bits per heavy atom. The SMILES string of the molecule is Cc1cc(C)c(OCCc2cccnc2)c(N)c1. The first-order valence-electron chi connectivity index (χ1n) is 6.05. The Hall–Kier alpha value is -2.03. The monoisotopic (exact) mass is 242 g/mol. The third-order valence-corrected chi connectivity index (χ3v) is 2.81. The van der Waals surface area contributed by atoms with Crippen molar-refractivity contribution in [2.45, 2.75) is 20.3 Å². The maximum Gasteiger partial charge on any atom is 0.145 e. The molecule has 0 bridgehead atoms. The fourth-order valence-electron chi connectivity index (χ4n) is 2.00. The summed E-state index contributed by atoms with van der Waals surface area (Å²) in [6, 6.07) is 7.99. The molecule has 0 unspecified atom stereocenters. The molecule has 0 saturated carbocycles. The molecule has 2 aromatic rings. The van der Waals surface area contributed by atoms with Crippen molar-refractivity contribution in [1.29, 1.82) is 0 Å². The predicted molar refractivity (Wildman–Crippen MR) is 73.8 cm³/mol. The fraction of sp³-hybridized carbons (Fsp3) is 0.267. The lowest BCUT2D eigenvalue weighted by Crippen LogP contribution is -2.05. The standard InChI is InChI=1S/C15H18N2O/c1-11-8-12(2)15(14(16)9-11)18-7-5-13-4-3-6-17-10-13/h3-4,6,8-10H,5,7,16H2,1-2H3. The molecular formula is C15H18N2O. The van der Waals surface area contributed by atoms with Gasteiger partial charge in [-0.25, -0.2) is 0 Å². The molecule has 1 aromatic heterocycles. The third kappa shape index (κ3) is 3.00. The van der Waals surface area contributed by atoms with Crippen molar-refractivity contribution in [2.75, 3.05) is 12.3 Å². The van der Waals surface area contributed by atoms with E-state index in [0.717, 1.165) is 23.3 Å². The Bertz CT molecular complexity index is 500. The van der Waals surface area contributed by atoms with Gasteiger partial charge in [-0.1, -0.05) is 12.1 Å². The molecule has 1 aromatic carbocycles. The molecule has 3 heteroatoms. The Kier molecular flexibility index (Phi) is 3.82. The number of anilines is 1. The zero-order chi connectivity index (χ0) is 13.0. The van der Waals surface area contributed by atoms with E-state index in [0.29, 0.717) is 12.3 Å². The van der Waals surface area contributed by atoms with Crippen molar-refractivity contribution < 1.29 is 4.74 Å². The van der Waals surface area contributed by atoms with Crippen molar-refractivity contribution in [1.82, 2.24) is 4.98 Å². The topological polar surface area (TPSA) is 48.1 Å². The van der Waals surface area contributed by atoms with Gasteiger partial charge in [0.25, 0.3) is 0 Å². The summed E-state index contributed by atoms with van der Waals surface area (Å²) in [7, 11) is 0. The van der Waals surface area contributed by atoms with Crippen LogP contribution in [0.3, 0.4) is 0 Å². The van der Waals surface area contributed by atoms with Crippen molar-refractivity contribution in [3.63, 3.8) is 0 Å². The number of hydrogen-bond acceptors (Lipinski definition) is 3. The van der Waals surface area contributed by atoms with Gasteiger partial charge in [0.05, 0.1) is 12.3 Å². The zero-order valence-corrected chi connectivity index (χ0v) is 10.8. The van der Waals surface area contributed by atoms with Crippen LogP contribution in [0, 0.1) is 13.8 Å². The molecule has 1 heterocycles. The highest BCUT2D eigenvalue weighted by Crippen LogP contribution is 2.27. The fourth-order valence-corrected chi connectivity index (χ4v) is 2.00. The lowest BCUT2D eigenvalue weighted by atomic mass is 10.1. The van der Waals surface area contributed by atoms with Gasteiger partial charge in [-0.3, -0.25) is 4.98 Å². The van der Waals surface area contributed by atoms with E-state index in [1.54, 1.807) is 6.20 Å². The quantitative estimate of drug-likeness (QED) is 0.839. The van der Waals surface area contributed by atoms with Crippen molar-refractivity contribution in [3.8, 4) is 5.75 Å². The zero-order valence-electron chi connectivity index (χ0n) is 10.8. The van der Waals surface area contributed by atoms with Gasteiger partial charge in [-0.15, -0.1) is 0 Å². The number of hydrogen-bond donors (Lipinski definition) is 1. The number of nitrogens with two attached hydrogens (primary N) is 1. The molecule has 0 aliphatic heterocycles. The minimum absolute atomic E-state index is 0.611. The average Bonchev–Trinajstić information content (AvgIpc) is 2.34. The first-order chi connectivity index (χ1) is 8.66. The van der Waals surface area contributed by atoms with Crippen LogP contribution in [0.2, 0.25) is 0 Å². The number of benzene rings is 1. The lowest BCUT2D eigenvalue weighted by Gasteiger charge is -2.12. The molecule has 0 aliphatic carbocycles. The van der Waals surface area contributed by atoms with E-state index in [1.807, 2.05) is 38.2 Å². The van der Waals surface area contributed by atoms with E-state index < -0.39 is 0 Å². The van der Waals surface area contributed by atoms with Crippen LogP contribution in [-0.4, -0.2) is 11.6 Å². The van der Waals surface area contributed by atoms with E-state index in [2.05, 4.69) is 11.1 Å². The number of nitrogens with zero attached hydrogens (tertiary/aromatic N) is 1. The van der Waals surface area contributed by atoms with Crippen LogP contribution in [0.25, 0.3) is 0 Å². The Balaban J connectivity index is 1.99. The van der Waals surface area contributed by atoms with Gasteiger partial charge in [0, 0.05) is 18.8 Å². The Morgan fingerprint density at radius 3 is 2.78 bits per heavy atom. The molecule has 0 amide bonds. The first kappa shape index (κ1) is 12.4. The lowest BCUT2D eigenvalue weighted by molar-refractivity contribution is 0.321. The van der Waals surface area contributed by atoms with Gasteiger partial charge < -0.3 is 10.5 Å². The molecular weight excluding hydrogens is 224 g/mol. The van der Waals surface area contributed by atoms with Gasteiger partial charge in [0.2, 0.25) is 0 Å². The normalized spacial score (nSPS) is 10.3. The van der Waals surface area contributed by atoms with Gasteiger partial charge in [0.1, 0.15) is 5.75 Å². The summed E-state index contributed by atoms with van der Waals surface area (Å²) >= 11 is 0. The van der Waals surface area contributed by atoms with Crippen LogP contribution >= 0.6 is 0 Å². The summed E-state index contributed by atoms with van der Waals surface area (Å²) in [6.45, 7) is 4.66. The Morgan fingerprint density at radius 1 is 1.28 bits per heavy atom. The van der Waals surface area contributed by atoms with Crippen LogP contribution in [0.1, 0.15) is 16.7 Å². The van der Waals surface area contributed by atoms with Crippen LogP contribution < -0.4 is 10.5 Å². The summed E-state index contributed by atoms with van der Waals surface area (Å²) in [5, 5.41) is 0. The van der Waals surface area contributed by atoms with E-state index >= 15 is 0 Å². The molecule has 94 valence electrons. The molecule has 2 N–H and O–H groups in total. The summed E-state index contributed by atoms with van der Waals surface area (Å²) in [5.41, 5.74) is 10.1. The number of ether oxygens (including phenoxy) is 1. The first-order valence-corrected chi connectivity index (χ1v) is 6.05. The molecule has 0 saturated heterocycles. The summed E-state index contributed by atoms with van der Waals surface area (Å²) in [6.07, 6.45) is 4.46. The maximum atomic E-state index is 5.96. The van der Waals surface area contributed by atoms with E-state index in [4.69, 9.17) is 10.5 Å². The molecule has 0 fully saturated rings. The van der Waals surface area contributed by atoms with E-state index in [-0.39, 0.29) is 0 Å². The highest BCUT2D eigenvalue weighted by Gasteiger charge is 2.05. The molecule has 0 radical (unpaired) electrons. The molecule has 3 nitrogen and oxygen atoms in total. The van der Waals surface area contributed by atoms with Crippen molar-refractivity contribution in [2.24, 2.45) is 0 Å². The minimum atomic E-state index is 0.611. The number of nitrogen functional groups attached to an aromatic ring is 1. The number of rotatable bonds is 4. The molecule has 0 spiro atoms.